The summed E-state index contributed by atoms with van der Waals surface area (Å²) in [5.74, 6) is 0.755. The van der Waals surface area contributed by atoms with Crippen molar-refractivity contribution in [3.05, 3.63) is 125 Å². The van der Waals surface area contributed by atoms with Gasteiger partial charge in [0.15, 0.2) is 0 Å². The molecule has 0 bridgehead atoms. The SMILES string of the molecule is Oc1ccc(C(c2ccc(O)cc2)c2ccc(Cc3ccccc3O)cc2)cc1. The zero-order valence-corrected chi connectivity index (χ0v) is 15.9. The van der Waals surface area contributed by atoms with E-state index in [0.29, 0.717) is 12.2 Å². The van der Waals surface area contributed by atoms with Crippen LogP contribution in [0.5, 0.6) is 17.2 Å². The van der Waals surface area contributed by atoms with E-state index in [1.807, 2.05) is 42.5 Å². The third-order valence-corrected chi connectivity index (χ3v) is 5.15. The first kappa shape index (κ1) is 18.6. The number of aromatic hydroxyl groups is 3. The molecule has 0 amide bonds. The van der Waals surface area contributed by atoms with Gasteiger partial charge in [-0.15, -0.1) is 0 Å². The van der Waals surface area contributed by atoms with Crippen molar-refractivity contribution in [1.82, 2.24) is 0 Å². The molecule has 0 saturated heterocycles. The fourth-order valence-electron chi connectivity index (χ4n) is 3.62. The highest BCUT2D eigenvalue weighted by molar-refractivity contribution is 5.46. The molecule has 0 aliphatic carbocycles. The molecule has 0 aromatic heterocycles. The second-order valence-corrected chi connectivity index (χ2v) is 7.16. The van der Waals surface area contributed by atoms with Crippen molar-refractivity contribution in [2.45, 2.75) is 12.3 Å². The minimum atomic E-state index is -0.0182. The zero-order valence-electron chi connectivity index (χ0n) is 15.9. The molecule has 0 heterocycles. The van der Waals surface area contributed by atoms with Crippen molar-refractivity contribution in [3.8, 4) is 17.2 Å². The van der Waals surface area contributed by atoms with Gasteiger partial charge in [0.25, 0.3) is 0 Å². The molecule has 3 nitrogen and oxygen atoms in total. The number of phenols is 3. The molecule has 4 aromatic carbocycles. The summed E-state index contributed by atoms with van der Waals surface area (Å²) in [6.45, 7) is 0. The number of benzene rings is 4. The summed E-state index contributed by atoms with van der Waals surface area (Å²) in [6, 6.07) is 30.2. The molecular formula is C26H22O3. The lowest BCUT2D eigenvalue weighted by Gasteiger charge is -2.19. The lowest BCUT2D eigenvalue weighted by Crippen LogP contribution is -2.03. The van der Waals surface area contributed by atoms with Gasteiger partial charge in [-0.2, -0.15) is 0 Å². The molecular weight excluding hydrogens is 360 g/mol. The molecule has 0 saturated carbocycles. The first-order valence-electron chi connectivity index (χ1n) is 9.54. The molecule has 144 valence electrons. The topological polar surface area (TPSA) is 60.7 Å². The largest absolute Gasteiger partial charge is 0.508 e. The number of para-hydroxylation sites is 1. The highest BCUT2D eigenvalue weighted by Gasteiger charge is 2.17. The summed E-state index contributed by atoms with van der Waals surface area (Å²) in [5, 5.41) is 29.3. The fraction of sp³-hybridized carbons (Fsp3) is 0.0769. The average Bonchev–Trinajstić information content (AvgIpc) is 2.74. The second-order valence-electron chi connectivity index (χ2n) is 7.16. The molecule has 0 unspecified atom stereocenters. The van der Waals surface area contributed by atoms with Gasteiger partial charge < -0.3 is 15.3 Å². The quantitative estimate of drug-likeness (QED) is 0.395. The molecule has 0 aliphatic heterocycles. The van der Waals surface area contributed by atoms with E-state index in [0.717, 1.165) is 27.8 Å². The maximum absolute atomic E-state index is 10.0. The summed E-state index contributed by atoms with van der Waals surface area (Å²) >= 11 is 0. The molecule has 3 N–H and O–H groups in total. The number of hydrogen-bond donors (Lipinski definition) is 3. The normalized spacial score (nSPS) is 10.9. The Bertz CT molecular complexity index is 1040. The molecule has 0 aliphatic rings. The van der Waals surface area contributed by atoms with Gasteiger partial charge in [0.1, 0.15) is 17.2 Å². The molecule has 4 aromatic rings. The first-order valence-corrected chi connectivity index (χ1v) is 9.54. The van der Waals surface area contributed by atoms with Gasteiger partial charge in [-0.05, 0) is 58.1 Å². The summed E-state index contributed by atoms with van der Waals surface area (Å²) in [5.41, 5.74) is 5.24. The molecule has 0 fully saturated rings. The Kier molecular flexibility index (Phi) is 5.21. The van der Waals surface area contributed by atoms with Crippen LogP contribution in [0.4, 0.5) is 0 Å². The Morgan fingerprint density at radius 3 is 1.45 bits per heavy atom. The van der Waals surface area contributed by atoms with Gasteiger partial charge in [0.2, 0.25) is 0 Å². The Labute approximate surface area is 170 Å². The van der Waals surface area contributed by atoms with Crippen molar-refractivity contribution in [2.75, 3.05) is 0 Å². The van der Waals surface area contributed by atoms with Crippen molar-refractivity contribution in [2.24, 2.45) is 0 Å². The summed E-state index contributed by atoms with van der Waals surface area (Å²) in [6.07, 6.45) is 0.663. The van der Waals surface area contributed by atoms with Gasteiger partial charge in [-0.1, -0.05) is 66.7 Å². The predicted molar refractivity (Wildman–Crippen MR) is 115 cm³/mol. The van der Waals surface area contributed by atoms with E-state index >= 15 is 0 Å². The Morgan fingerprint density at radius 2 is 0.966 bits per heavy atom. The van der Waals surface area contributed by atoms with Crippen molar-refractivity contribution in [3.63, 3.8) is 0 Å². The lowest BCUT2D eigenvalue weighted by molar-refractivity contribution is 0.469. The molecule has 29 heavy (non-hydrogen) atoms. The number of phenolic OH excluding ortho intramolecular Hbond substituents is 3. The lowest BCUT2D eigenvalue weighted by atomic mass is 9.84. The number of hydrogen-bond acceptors (Lipinski definition) is 3. The highest BCUT2D eigenvalue weighted by Crippen LogP contribution is 2.34. The van der Waals surface area contributed by atoms with Crippen LogP contribution in [0, 0.1) is 0 Å². The van der Waals surface area contributed by atoms with E-state index in [1.54, 1.807) is 30.3 Å². The van der Waals surface area contributed by atoms with Crippen LogP contribution in [-0.4, -0.2) is 15.3 Å². The fourth-order valence-corrected chi connectivity index (χ4v) is 3.62. The third kappa shape index (κ3) is 4.25. The van der Waals surface area contributed by atoms with Crippen molar-refractivity contribution < 1.29 is 15.3 Å². The van der Waals surface area contributed by atoms with E-state index in [1.165, 1.54) is 0 Å². The van der Waals surface area contributed by atoms with E-state index in [-0.39, 0.29) is 17.4 Å². The van der Waals surface area contributed by atoms with Crippen LogP contribution in [0.3, 0.4) is 0 Å². The number of rotatable bonds is 5. The van der Waals surface area contributed by atoms with Crippen LogP contribution in [0.15, 0.2) is 97.1 Å². The van der Waals surface area contributed by atoms with E-state index < -0.39 is 0 Å². The molecule has 3 heteroatoms. The maximum Gasteiger partial charge on any atom is 0.119 e. The van der Waals surface area contributed by atoms with Crippen molar-refractivity contribution >= 4 is 0 Å². The summed E-state index contributed by atoms with van der Waals surface area (Å²) in [7, 11) is 0. The zero-order chi connectivity index (χ0) is 20.2. The van der Waals surface area contributed by atoms with Crippen LogP contribution in [-0.2, 0) is 6.42 Å². The summed E-state index contributed by atoms with van der Waals surface area (Å²) < 4.78 is 0. The van der Waals surface area contributed by atoms with Crippen LogP contribution in [0.2, 0.25) is 0 Å². The first-order chi connectivity index (χ1) is 14.1. The maximum atomic E-state index is 10.0. The van der Waals surface area contributed by atoms with E-state index in [4.69, 9.17) is 0 Å². The summed E-state index contributed by atoms with van der Waals surface area (Å²) in [4.78, 5) is 0. The molecule has 0 atom stereocenters. The minimum Gasteiger partial charge on any atom is -0.508 e. The van der Waals surface area contributed by atoms with Gasteiger partial charge in [-0.3, -0.25) is 0 Å². The van der Waals surface area contributed by atoms with Crippen LogP contribution < -0.4 is 0 Å². The average molecular weight is 382 g/mol. The predicted octanol–water partition coefficient (Wildman–Crippen LogP) is 5.57. The van der Waals surface area contributed by atoms with Crippen LogP contribution >= 0.6 is 0 Å². The Hall–Kier alpha value is -3.72. The highest BCUT2D eigenvalue weighted by atomic mass is 16.3. The van der Waals surface area contributed by atoms with Crippen LogP contribution in [0.25, 0.3) is 0 Å². The van der Waals surface area contributed by atoms with E-state index in [9.17, 15) is 15.3 Å². The molecule has 4 rings (SSSR count). The van der Waals surface area contributed by atoms with Crippen LogP contribution in [0.1, 0.15) is 33.7 Å². The monoisotopic (exact) mass is 382 g/mol. The second kappa shape index (κ2) is 8.11. The van der Waals surface area contributed by atoms with Gasteiger partial charge in [0, 0.05) is 12.3 Å². The van der Waals surface area contributed by atoms with Gasteiger partial charge in [0.05, 0.1) is 0 Å². The third-order valence-electron chi connectivity index (χ3n) is 5.15. The minimum absolute atomic E-state index is 0.0182. The van der Waals surface area contributed by atoms with E-state index in [2.05, 4.69) is 24.3 Å². The standard InChI is InChI=1S/C26H22O3/c27-23-13-9-20(10-14-23)26(21-11-15-24(28)16-12-21)19-7-5-18(6-8-19)17-22-3-1-2-4-25(22)29/h1-16,26-29H,17H2. The molecule has 0 spiro atoms. The Balaban J connectivity index is 1.68. The molecule has 0 radical (unpaired) electrons. The van der Waals surface area contributed by atoms with Gasteiger partial charge in [-0.25, -0.2) is 0 Å². The van der Waals surface area contributed by atoms with Crippen molar-refractivity contribution in [1.29, 1.82) is 0 Å². The smallest absolute Gasteiger partial charge is 0.119 e. The Morgan fingerprint density at radius 1 is 0.517 bits per heavy atom. The van der Waals surface area contributed by atoms with Gasteiger partial charge >= 0.3 is 0 Å².